The van der Waals surface area contributed by atoms with Crippen molar-refractivity contribution in [2.24, 2.45) is 5.92 Å². The van der Waals surface area contributed by atoms with Gasteiger partial charge in [0, 0.05) is 18.3 Å². The molecule has 1 N–H and O–H groups in total. The zero-order chi connectivity index (χ0) is 13.0. The van der Waals surface area contributed by atoms with Gasteiger partial charge in [-0.15, -0.1) is 0 Å². The van der Waals surface area contributed by atoms with Crippen LogP contribution in [0, 0.1) is 12.8 Å². The molecule has 4 heteroatoms. The van der Waals surface area contributed by atoms with Gasteiger partial charge in [0.25, 0.3) is 0 Å². The van der Waals surface area contributed by atoms with Crippen LogP contribution in [0.5, 0.6) is 0 Å². The third-order valence-electron chi connectivity index (χ3n) is 2.84. The van der Waals surface area contributed by atoms with Crippen LogP contribution < -0.4 is 5.32 Å². The number of thiophene rings is 1. The van der Waals surface area contributed by atoms with Gasteiger partial charge in [-0.25, -0.2) is 0 Å². The summed E-state index contributed by atoms with van der Waals surface area (Å²) in [7, 11) is 0. The van der Waals surface area contributed by atoms with E-state index in [1.165, 1.54) is 11.1 Å². The normalized spacial score (nSPS) is 11.3. The third kappa shape index (κ3) is 3.68. The second kappa shape index (κ2) is 6.16. The smallest absolute Gasteiger partial charge is 0.0667 e. The molecule has 0 bridgehead atoms. The Morgan fingerprint density at radius 1 is 1.44 bits per heavy atom. The van der Waals surface area contributed by atoms with Crippen LogP contribution in [0.1, 0.15) is 30.7 Å². The largest absolute Gasteiger partial charge is 0.312 e. The predicted molar refractivity (Wildman–Crippen MR) is 76.9 cm³/mol. The molecule has 0 fully saturated rings. The number of nitrogens with one attached hydrogen (secondary N) is 1. The topological polar surface area (TPSA) is 29.9 Å². The van der Waals surface area contributed by atoms with Gasteiger partial charge in [0.05, 0.1) is 12.2 Å². The van der Waals surface area contributed by atoms with E-state index < -0.39 is 0 Å². The van der Waals surface area contributed by atoms with Gasteiger partial charge in [0.2, 0.25) is 0 Å². The molecule has 0 saturated heterocycles. The SMILES string of the molecule is Cc1nn(Cc2ccsc2)cc1CNCC(C)C. The summed E-state index contributed by atoms with van der Waals surface area (Å²) in [5.74, 6) is 0.686. The minimum atomic E-state index is 0.686. The molecule has 0 unspecified atom stereocenters. The molecule has 2 rings (SSSR count). The van der Waals surface area contributed by atoms with Gasteiger partial charge in [-0.05, 0) is 41.8 Å². The van der Waals surface area contributed by atoms with Crippen molar-refractivity contribution in [3.63, 3.8) is 0 Å². The molecule has 0 atom stereocenters. The van der Waals surface area contributed by atoms with Crippen LogP contribution in [0.2, 0.25) is 0 Å². The number of nitrogens with zero attached hydrogens (tertiary/aromatic N) is 2. The Hall–Kier alpha value is -1.13. The minimum absolute atomic E-state index is 0.686. The first-order valence-electron chi connectivity index (χ1n) is 6.40. The Morgan fingerprint density at radius 3 is 2.94 bits per heavy atom. The Kier molecular flexibility index (Phi) is 4.55. The first-order chi connectivity index (χ1) is 8.65. The van der Waals surface area contributed by atoms with E-state index in [4.69, 9.17) is 0 Å². The van der Waals surface area contributed by atoms with Crippen LogP contribution in [-0.2, 0) is 13.1 Å². The number of hydrogen-bond donors (Lipinski definition) is 1. The summed E-state index contributed by atoms with van der Waals surface area (Å²) in [5, 5.41) is 12.3. The molecule has 2 aromatic heterocycles. The van der Waals surface area contributed by atoms with Crippen LogP contribution in [0.15, 0.2) is 23.0 Å². The molecule has 0 aliphatic carbocycles. The van der Waals surface area contributed by atoms with Crippen LogP contribution in [-0.4, -0.2) is 16.3 Å². The van der Waals surface area contributed by atoms with Crippen LogP contribution in [0.25, 0.3) is 0 Å². The molecule has 2 heterocycles. The van der Waals surface area contributed by atoms with E-state index >= 15 is 0 Å². The van der Waals surface area contributed by atoms with E-state index in [2.05, 4.69) is 54.2 Å². The highest BCUT2D eigenvalue weighted by Crippen LogP contribution is 2.11. The molecule has 0 saturated carbocycles. The third-order valence-corrected chi connectivity index (χ3v) is 3.57. The second-order valence-corrected chi connectivity index (χ2v) is 5.87. The van der Waals surface area contributed by atoms with Gasteiger partial charge >= 0.3 is 0 Å². The summed E-state index contributed by atoms with van der Waals surface area (Å²) in [6, 6.07) is 2.15. The zero-order valence-electron chi connectivity index (χ0n) is 11.3. The van der Waals surface area contributed by atoms with E-state index in [1.807, 2.05) is 4.68 Å². The van der Waals surface area contributed by atoms with E-state index in [0.29, 0.717) is 5.92 Å². The first-order valence-corrected chi connectivity index (χ1v) is 7.34. The second-order valence-electron chi connectivity index (χ2n) is 5.09. The fourth-order valence-electron chi connectivity index (χ4n) is 1.88. The summed E-state index contributed by atoms with van der Waals surface area (Å²) >= 11 is 1.73. The molecule has 0 spiro atoms. The fraction of sp³-hybridized carbons (Fsp3) is 0.500. The van der Waals surface area contributed by atoms with Gasteiger partial charge in [-0.3, -0.25) is 4.68 Å². The van der Waals surface area contributed by atoms with Crippen molar-refractivity contribution in [1.82, 2.24) is 15.1 Å². The molecular weight excluding hydrogens is 242 g/mol. The van der Waals surface area contributed by atoms with Crippen molar-refractivity contribution in [1.29, 1.82) is 0 Å². The molecule has 2 aromatic rings. The summed E-state index contributed by atoms with van der Waals surface area (Å²) in [6.45, 7) is 9.35. The monoisotopic (exact) mass is 263 g/mol. The highest BCUT2D eigenvalue weighted by atomic mass is 32.1. The van der Waals surface area contributed by atoms with Crippen molar-refractivity contribution < 1.29 is 0 Å². The first kappa shape index (κ1) is 13.3. The molecule has 98 valence electrons. The van der Waals surface area contributed by atoms with E-state index in [0.717, 1.165) is 25.3 Å². The predicted octanol–water partition coefficient (Wildman–Crippen LogP) is 3.05. The summed E-state index contributed by atoms with van der Waals surface area (Å²) in [4.78, 5) is 0. The molecule has 18 heavy (non-hydrogen) atoms. The van der Waals surface area contributed by atoms with Gasteiger partial charge in [-0.1, -0.05) is 13.8 Å². The lowest BCUT2D eigenvalue weighted by atomic mass is 10.2. The van der Waals surface area contributed by atoms with Gasteiger partial charge in [-0.2, -0.15) is 16.4 Å². The van der Waals surface area contributed by atoms with E-state index in [1.54, 1.807) is 11.3 Å². The number of aromatic nitrogens is 2. The van der Waals surface area contributed by atoms with E-state index in [9.17, 15) is 0 Å². The summed E-state index contributed by atoms with van der Waals surface area (Å²) in [6.07, 6.45) is 2.15. The highest BCUT2D eigenvalue weighted by molar-refractivity contribution is 7.07. The average Bonchev–Trinajstić information content (AvgIpc) is 2.90. The molecular formula is C14H21N3S. The van der Waals surface area contributed by atoms with Crippen LogP contribution >= 0.6 is 11.3 Å². The zero-order valence-corrected chi connectivity index (χ0v) is 12.1. The maximum Gasteiger partial charge on any atom is 0.0667 e. The fourth-order valence-corrected chi connectivity index (χ4v) is 2.54. The summed E-state index contributed by atoms with van der Waals surface area (Å²) < 4.78 is 2.03. The standard InChI is InChI=1S/C14H21N3S/c1-11(2)6-15-7-14-9-17(16-12(14)3)8-13-4-5-18-10-13/h4-5,9-11,15H,6-8H2,1-3H3. The van der Waals surface area contributed by atoms with Gasteiger partial charge < -0.3 is 5.32 Å². The van der Waals surface area contributed by atoms with Crippen molar-refractivity contribution in [3.8, 4) is 0 Å². The average molecular weight is 263 g/mol. The molecule has 0 amide bonds. The Morgan fingerprint density at radius 2 is 2.28 bits per heavy atom. The molecule has 0 aliphatic rings. The Balaban J connectivity index is 1.94. The number of hydrogen-bond acceptors (Lipinski definition) is 3. The van der Waals surface area contributed by atoms with Crippen LogP contribution in [0.4, 0.5) is 0 Å². The minimum Gasteiger partial charge on any atom is -0.312 e. The van der Waals surface area contributed by atoms with Crippen molar-refractivity contribution in [2.45, 2.75) is 33.9 Å². The maximum absolute atomic E-state index is 4.56. The van der Waals surface area contributed by atoms with Crippen molar-refractivity contribution in [2.75, 3.05) is 6.54 Å². The number of aryl methyl sites for hydroxylation is 1. The van der Waals surface area contributed by atoms with Gasteiger partial charge in [0.15, 0.2) is 0 Å². The van der Waals surface area contributed by atoms with Crippen molar-refractivity contribution >= 4 is 11.3 Å². The molecule has 0 aliphatic heterocycles. The van der Waals surface area contributed by atoms with Gasteiger partial charge in [0.1, 0.15) is 0 Å². The quantitative estimate of drug-likeness (QED) is 0.868. The van der Waals surface area contributed by atoms with E-state index in [-0.39, 0.29) is 0 Å². The lowest BCUT2D eigenvalue weighted by molar-refractivity contribution is 0.551. The molecule has 0 radical (unpaired) electrons. The van der Waals surface area contributed by atoms with Crippen molar-refractivity contribution in [3.05, 3.63) is 39.8 Å². The summed E-state index contributed by atoms with van der Waals surface area (Å²) in [5.41, 5.74) is 3.75. The molecule has 3 nitrogen and oxygen atoms in total. The Bertz CT molecular complexity index is 471. The maximum atomic E-state index is 4.56. The Labute approximate surface area is 113 Å². The van der Waals surface area contributed by atoms with Crippen LogP contribution in [0.3, 0.4) is 0 Å². The lowest BCUT2D eigenvalue weighted by Crippen LogP contribution is -2.19. The lowest BCUT2D eigenvalue weighted by Gasteiger charge is -2.05. The number of rotatable bonds is 6. The molecule has 0 aromatic carbocycles. The highest BCUT2D eigenvalue weighted by Gasteiger charge is 2.05.